The summed E-state index contributed by atoms with van der Waals surface area (Å²) in [5.41, 5.74) is 1.70. The lowest BCUT2D eigenvalue weighted by atomic mass is 10.1. The van der Waals surface area contributed by atoms with E-state index < -0.39 is 0 Å². The number of nitrogens with one attached hydrogen (secondary N) is 1. The summed E-state index contributed by atoms with van der Waals surface area (Å²) in [6, 6.07) is 13.0. The van der Waals surface area contributed by atoms with Gasteiger partial charge in [0.05, 0.1) is 46.3 Å². The van der Waals surface area contributed by atoms with Gasteiger partial charge in [-0.25, -0.2) is 0 Å². The average Bonchev–Trinajstić information content (AvgIpc) is 3.30. The minimum Gasteiger partial charge on any atom is -0.493 e. The van der Waals surface area contributed by atoms with Crippen molar-refractivity contribution in [1.29, 1.82) is 0 Å². The maximum absolute atomic E-state index is 12.6. The third-order valence-electron chi connectivity index (χ3n) is 4.45. The maximum atomic E-state index is 12.6. The second-order valence-corrected chi connectivity index (χ2v) is 6.35. The Morgan fingerprint density at radius 3 is 2.23 bits per heavy atom. The molecule has 0 aliphatic rings. The van der Waals surface area contributed by atoms with Gasteiger partial charge in [-0.3, -0.25) is 4.79 Å². The molecule has 0 aliphatic carbocycles. The van der Waals surface area contributed by atoms with Crippen molar-refractivity contribution in [1.82, 2.24) is 20.3 Å². The summed E-state index contributed by atoms with van der Waals surface area (Å²) in [6.45, 7) is 0.417. The molecule has 1 N–H and O–H groups in total. The first-order valence-electron chi connectivity index (χ1n) is 9.32. The Bertz CT molecular complexity index is 963. The van der Waals surface area contributed by atoms with Crippen LogP contribution in [0.4, 0.5) is 0 Å². The number of benzene rings is 2. The van der Waals surface area contributed by atoms with Gasteiger partial charge in [0.2, 0.25) is 11.7 Å². The van der Waals surface area contributed by atoms with Gasteiger partial charge in [-0.05, 0) is 29.3 Å². The third-order valence-corrected chi connectivity index (χ3v) is 4.45. The van der Waals surface area contributed by atoms with Crippen molar-refractivity contribution in [2.45, 2.75) is 12.6 Å². The molecular weight excluding hydrogens is 384 g/mol. The molecule has 0 radical (unpaired) electrons. The highest BCUT2D eigenvalue weighted by Gasteiger charge is 2.15. The maximum Gasteiger partial charge on any atom is 0.244 e. The second kappa shape index (κ2) is 10.1. The van der Waals surface area contributed by atoms with E-state index in [1.807, 2.05) is 30.3 Å². The summed E-state index contributed by atoms with van der Waals surface area (Å²) in [5, 5.41) is 11.3. The van der Waals surface area contributed by atoms with E-state index in [2.05, 4.69) is 15.5 Å². The minimum atomic E-state index is -0.282. The van der Waals surface area contributed by atoms with E-state index in [9.17, 15) is 4.79 Å². The predicted molar refractivity (Wildman–Crippen MR) is 112 cm³/mol. The van der Waals surface area contributed by atoms with Crippen molar-refractivity contribution in [2.75, 3.05) is 21.3 Å². The quantitative estimate of drug-likeness (QED) is 0.548. The van der Waals surface area contributed by atoms with E-state index in [1.165, 1.54) is 6.08 Å². The van der Waals surface area contributed by atoms with Crippen molar-refractivity contribution < 1.29 is 19.0 Å². The molecule has 1 heterocycles. The monoisotopic (exact) mass is 408 g/mol. The van der Waals surface area contributed by atoms with Crippen molar-refractivity contribution in [3.63, 3.8) is 0 Å². The summed E-state index contributed by atoms with van der Waals surface area (Å²) < 4.78 is 16.0. The standard InChI is InChI=1S/C22H24N4O4/c1-28-19-13-16(14-20(29-2)22(19)30-3)9-10-21(27)25-18(15-26-23-11-12-24-26)17-7-5-4-6-8-17/h4-14,18H,15H2,1-3H3,(H,25,27)/b10-9+. The summed E-state index contributed by atoms with van der Waals surface area (Å²) >= 11 is 0. The van der Waals surface area contributed by atoms with Crippen molar-refractivity contribution >= 4 is 12.0 Å². The lowest BCUT2D eigenvalue weighted by molar-refractivity contribution is -0.117. The van der Waals surface area contributed by atoms with Crippen molar-refractivity contribution in [2.24, 2.45) is 0 Å². The minimum absolute atomic E-state index is 0.246. The van der Waals surface area contributed by atoms with E-state index in [0.29, 0.717) is 23.8 Å². The first-order chi connectivity index (χ1) is 14.6. The fraction of sp³-hybridized carbons (Fsp3) is 0.227. The smallest absolute Gasteiger partial charge is 0.244 e. The Labute approximate surface area is 175 Å². The highest BCUT2D eigenvalue weighted by Crippen LogP contribution is 2.38. The van der Waals surface area contributed by atoms with E-state index in [4.69, 9.17) is 14.2 Å². The lowest BCUT2D eigenvalue weighted by Crippen LogP contribution is -2.30. The molecule has 1 atom stereocenters. The van der Waals surface area contributed by atoms with Crippen LogP contribution in [0.5, 0.6) is 17.2 Å². The number of ether oxygens (including phenoxy) is 3. The zero-order valence-corrected chi connectivity index (χ0v) is 17.1. The number of carbonyl (C=O) groups is 1. The Kier molecular flexibility index (Phi) is 7.05. The van der Waals surface area contributed by atoms with Gasteiger partial charge in [0, 0.05) is 6.08 Å². The average molecular weight is 408 g/mol. The van der Waals surface area contributed by atoms with Gasteiger partial charge in [0.25, 0.3) is 0 Å². The first kappa shape index (κ1) is 20.9. The molecule has 8 nitrogen and oxygen atoms in total. The van der Waals surface area contributed by atoms with Crippen LogP contribution in [0.1, 0.15) is 17.2 Å². The van der Waals surface area contributed by atoms with Gasteiger partial charge in [0.15, 0.2) is 11.5 Å². The van der Waals surface area contributed by atoms with Crippen LogP contribution in [-0.2, 0) is 11.3 Å². The number of methoxy groups -OCH3 is 3. The molecule has 0 saturated carbocycles. The summed E-state index contributed by atoms with van der Waals surface area (Å²) in [4.78, 5) is 14.2. The molecule has 30 heavy (non-hydrogen) atoms. The SMILES string of the molecule is COc1cc(/C=C/C(=O)NC(Cn2nccn2)c2ccccc2)cc(OC)c1OC. The van der Waals surface area contributed by atoms with E-state index in [1.54, 1.807) is 56.7 Å². The van der Waals surface area contributed by atoms with Crippen LogP contribution in [0.15, 0.2) is 60.9 Å². The van der Waals surface area contributed by atoms with Crippen LogP contribution >= 0.6 is 0 Å². The number of hydrogen-bond acceptors (Lipinski definition) is 6. The molecule has 0 fully saturated rings. The molecule has 0 saturated heterocycles. The van der Waals surface area contributed by atoms with Crippen molar-refractivity contribution in [3.8, 4) is 17.2 Å². The van der Waals surface area contributed by atoms with E-state index in [0.717, 1.165) is 11.1 Å². The Hall–Kier alpha value is -3.81. The number of rotatable bonds is 9. The van der Waals surface area contributed by atoms with Gasteiger partial charge in [-0.1, -0.05) is 30.3 Å². The van der Waals surface area contributed by atoms with E-state index in [-0.39, 0.29) is 11.9 Å². The number of carbonyl (C=O) groups excluding carboxylic acids is 1. The zero-order valence-electron chi connectivity index (χ0n) is 17.1. The highest BCUT2D eigenvalue weighted by atomic mass is 16.5. The topological polar surface area (TPSA) is 87.5 Å². The Balaban J connectivity index is 1.77. The number of aromatic nitrogens is 3. The van der Waals surface area contributed by atoms with Gasteiger partial charge >= 0.3 is 0 Å². The molecule has 0 aliphatic heterocycles. The van der Waals surface area contributed by atoms with Crippen molar-refractivity contribution in [3.05, 3.63) is 72.1 Å². The second-order valence-electron chi connectivity index (χ2n) is 6.35. The molecule has 1 amide bonds. The number of nitrogens with zero attached hydrogens (tertiary/aromatic N) is 3. The number of hydrogen-bond donors (Lipinski definition) is 1. The fourth-order valence-electron chi connectivity index (χ4n) is 3.01. The van der Waals surface area contributed by atoms with Crippen LogP contribution in [-0.4, -0.2) is 42.2 Å². The molecule has 1 unspecified atom stereocenters. The largest absolute Gasteiger partial charge is 0.493 e. The predicted octanol–water partition coefficient (Wildman–Crippen LogP) is 2.87. The normalized spacial score (nSPS) is 11.8. The van der Waals surface area contributed by atoms with Crippen LogP contribution < -0.4 is 19.5 Å². The van der Waals surface area contributed by atoms with Crippen LogP contribution in [0.3, 0.4) is 0 Å². The van der Waals surface area contributed by atoms with E-state index >= 15 is 0 Å². The molecule has 0 spiro atoms. The zero-order chi connectivity index (χ0) is 21.3. The van der Waals surface area contributed by atoms with Gasteiger partial charge < -0.3 is 19.5 Å². The van der Waals surface area contributed by atoms with Crippen LogP contribution in [0.25, 0.3) is 6.08 Å². The molecule has 3 rings (SSSR count). The molecular formula is C22H24N4O4. The first-order valence-corrected chi connectivity index (χ1v) is 9.32. The highest BCUT2D eigenvalue weighted by molar-refractivity contribution is 5.92. The molecule has 3 aromatic rings. The summed E-state index contributed by atoms with van der Waals surface area (Å²) in [6.07, 6.45) is 6.36. The molecule has 1 aromatic heterocycles. The lowest BCUT2D eigenvalue weighted by Gasteiger charge is -2.18. The van der Waals surface area contributed by atoms with Gasteiger partial charge in [0.1, 0.15) is 0 Å². The van der Waals surface area contributed by atoms with Crippen LogP contribution in [0.2, 0.25) is 0 Å². The van der Waals surface area contributed by atoms with Gasteiger partial charge in [-0.2, -0.15) is 15.0 Å². The van der Waals surface area contributed by atoms with Gasteiger partial charge in [-0.15, -0.1) is 0 Å². The fourth-order valence-corrected chi connectivity index (χ4v) is 3.01. The molecule has 156 valence electrons. The third kappa shape index (κ3) is 5.16. The Morgan fingerprint density at radius 2 is 1.67 bits per heavy atom. The summed E-state index contributed by atoms with van der Waals surface area (Å²) in [7, 11) is 4.64. The Morgan fingerprint density at radius 1 is 1.03 bits per heavy atom. The number of amides is 1. The van der Waals surface area contributed by atoms with Crippen LogP contribution in [0, 0.1) is 0 Å². The molecule has 0 bridgehead atoms. The molecule has 8 heteroatoms. The molecule has 2 aromatic carbocycles. The summed E-state index contributed by atoms with van der Waals surface area (Å²) in [5.74, 6) is 1.29.